The summed E-state index contributed by atoms with van der Waals surface area (Å²) in [6.07, 6.45) is 9.20. The molecule has 0 spiro atoms. The maximum absolute atomic E-state index is 2.32. The lowest BCUT2D eigenvalue weighted by Crippen LogP contribution is -2.34. The molecule has 1 aliphatic carbocycles. The van der Waals surface area contributed by atoms with Crippen molar-refractivity contribution in [2.75, 3.05) is 12.0 Å². The third-order valence-corrected chi connectivity index (χ3v) is 4.40. The molecular weight excluding hydrogens is 200 g/mol. The van der Waals surface area contributed by atoms with Crippen LogP contribution in [0.5, 0.6) is 0 Å². The highest BCUT2D eigenvalue weighted by Gasteiger charge is 2.37. The van der Waals surface area contributed by atoms with Crippen LogP contribution in [0.15, 0.2) is 30.3 Å². The number of thioether (sulfide) groups is 1. The van der Waals surface area contributed by atoms with E-state index in [2.05, 4.69) is 36.6 Å². The maximum Gasteiger partial charge on any atom is -0.00467 e. The Bertz CT molecular complexity index is 287. The molecule has 2 rings (SSSR count). The molecule has 1 heteroatoms. The van der Waals surface area contributed by atoms with E-state index in [0.717, 1.165) is 0 Å². The zero-order chi connectivity index (χ0) is 10.6. The molecule has 0 heterocycles. The van der Waals surface area contributed by atoms with Crippen LogP contribution in [0.3, 0.4) is 0 Å². The molecule has 0 radical (unpaired) electrons. The van der Waals surface area contributed by atoms with Crippen molar-refractivity contribution in [2.45, 2.75) is 37.5 Å². The minimum absolute atomic E-state index is 0.553. The van der Waals surface area contributed by atoms with Crippen molar-refractivity contribution in [3.63, 3.8) is 0 Å². The van der Waals surface area contributed by atoms with Crippen LogP contribution in [0.25, 0.3) is 0 Å². The van der Waals surface area contributed by atoms with Gasteiger partial charge in [-0.3, -0.25) is 0 Å². The number of hydrogen-bond donors (Lipinski definition) is 0. The van der Waals surface area contributed by atoms with Crippen LogP contribution < -0.4 is 0 Å². The van der Waals surface area contributed by atoms with Crippen LogP contribution >= 0.6 is 11.8 Å². The molecule has 0 nitrogen and oxygen atoms in total. The van der Waals surface area contributed by atoms with Gasteiger partial charge in [0.25, 0.3) is 0 Å². The van der Waals surface area contributed by atoms with E-state index in [1.165, 1.54) is 37.9 Å². The van der Waals surface area contributed by atoms with Gasteiger partial charge in [-0.1, -0.05) is 36.8 Å². The smallest absolute Gasteiger partial charge is 0.00467 e. The van der Waals surface area contributed by atoms with E-state index in [9.17, 15) is 0 Å². The zero-order valence-electron chi connectivity index (χ0n) is 9.54. The van der Waals surface area contributed by atoms with Crippen molar-refractivity contribution in [1.82, 2.24) is 0 Å². The third-order valence-electron chi connectivity index (χ3n) is 3.70. The fourth-order valence-corrected chi connectivity index (χ4v) is 3.07. The molecule has 0 atom stereocenters. The molecule has 82 valence electrons. The van der Waals surface area contributed by atoms with E-state index in [-0.39, 0.29) is 0 Å². The minimum Gasteiger partial charge on any atom is -0.165 e. The van der Waals surface area contributed by atoms with Crippen molar-refractivity contribution in [3.8, 4) is 0 Å². The van der Waals surface area contributed by atoms with Gasteiger partial charge in [0, 0.05) is 0 Å². The van der Waals surface area contributed by atoms with Gasteiger partial charge in [0.15, 0.2) is 0 Å². The summed E-state index contributed by atoms with van der Waals surface area (Å²) in [5, 5.41) is 0. The Morgan fingerprint density at radius 2 is 1.93 bits per heavy atom. The SMILES string of the molecule is CSCCCC1(c2ccccc2)CCC1. The van der Waals surface area contributed by atoms with Crippen molar-refractivity contribution in [1.29, 1.82) is 0 Å². The van der Waals surface area contributed by atoms with Crippen LogP contribution in [0, 0.1) is 0 Å². The summed E-state index contributed by atoms with van der Waals surface area (Å²) in [5.41, 5.74) is 2.13. The molecule has 1 saturated carbocycles. The Morgan fingerprint density at radius 3 is 2.47 bits per heavy atom. The Hall–Kier alpha value is -0.430. The Balaban J connectivity index is 2.02. The molecule has 0 unspecified atom stereocenters. The van der Waals surface area contributed by atoms with Crippen molar-refractivity contribution in [3.05, 3.63) is 35.9 Å². The van der Waals surface area contributed by atoms with E-state index in [1.54, 1.807) is 5.56 Å². The molecule has 1 aromatic carbocycles. The van der Waals surface area contributed by atoms with Crippen LogP contribution in [0.2, 0.25) is 0 Å². The fourth-order valence-electron chi connectivity index (χ4n) is 2.63. The summed E-state index contributed by atoms with van der Waals surface area (Å²) in [6.45, 7) is 0. The van der Waals surface area contributed by atoms with Crippen LogP contribution in [-0.4, -0.2) is 12.0 Å². The normalized spacial score (nSPS) is 18.5. The van der Waals surface area contributed by atoms with Gasteiger partial charge in [0.2, 0.25) is 0 Å². The topological polar surface area (TPSA) is 0 Å². The molecule has 1 aliphatic rings. The first-order valence-electron chi connectivity index (χ1n) is 5.92. The second-order valence-corrected chi connectivity index (χ2v) is 5.58. The summed E-state index contributed by atoms with van der Waals surface area (Å²) in [7, 11) is 0. The van der Waals surface area contributed by atoms with Gasteiger partial charge in [0.05, 0.1) is 0 Å². The highest BCUT2D eigenvalue weighted by atomic mass is 32.2. The molecule has 0 saturated heterocycles. The van der Waals surface area contributed by atoms with Crippen LogP contribution in [0.4, 0.5) is 0 Å². The summed E-state index contributed by atoms with van der Waals surface area (Å²) >= 11 is 1.97. The van der Waals surface area contributed by atoms with Gasteiger partial charge in [-0.05, 0) is 48.7 Å². The van der Waals surface area contributed by atoms with Crippen molar-refractivity contribution < 1.29 is 0 Å². The van der Waals surface area contributed by atoms with Gasteiger partial charge in [-0.25, -0.2) is 0 Å². The molecular formula is C14H20S. The Morgan fingerprint density at radius 1 is 1.20 bits per heavy atom. The van der Waals surface area contributed by atoms with Crippen molar-refractivity contribution >= 4 is 11.8 Å². The van der Waals surface area contributed by atoms with Gasteiger partial charge in [-0.2, -0.15) is 11.8 Å². The fraction of sp³-hybridized carbons (Fsp3) is 0.571. The van der Waals surface area contributed by atoms with E-state index in [4.69, 9.17) is 0 Å². The van der Waals surface area contributed by atoms with E-state index < -0.39 is 0 Å². The summed E-state index contributed by atoms with van der Waals surface area (Å²) in [5.74, 6) is 1.31. The van der Waals surface area contributed by atoms with Gasteiger partial charge >= 0.3 is 0 Å². The molecule has 0 N–H and O–H groups in total. The monoisotopic (exact) mass is 220 g/mol. The predicted molar refractivity (Wildman–Crippen MR) is 69.6 cm³/mol. The molecule has 0 aromatic heterocycles. The van der Waals surface area contributed by atoms with Crippen LogP contribution in [0.1, 0.15) is 37.7 Å². The second kappa shape index (κ2) is 5.07. The predicted octanol–water partition coefficient (Wildman–Crippen LogP) is 4.25. The zero-order valence-corrected chi connectivity index (χ0v) is 10.4. The molecule has 1 aromatic rings. The number of hydrogen-bond acceptors (Lipinski definition) is 1. The lowest BCUT2D eigenvalue weighted by Gasteiger charge is -2.43. The average Bonchev–Trinajstić information content (AvgIpc) is 2.23. The Kier molecular flexibility index (Phi) is 3.74. The van der Waals surface area contributed by atoms with E-state index in [0.29, 0.717) is 5.41 Å². The second-order valence-electron chi connectivity index (χ2n) is 4.60. The third kappa shape index (κ3) is 2.39. The average molecular weight is 220 g/mol. The standard InChI is InChI=1S/C14H20S/c1-15-12-6-11-14(9-5-10-14)13-7-3-2-4-8-13/h2-4,7-8H,5-6,9-12H2,1H3. The number of rotatable bonds is 5. The highest BCUT2D eigenvalue weighted by molar-refractivity contribution is 7.98. The summed E-state index contributed by atoms with van der Waals surface area (Å²) < 4.78 is 0. The first-order chi connectivity index (χ1) is 7.37. The van der Waals surface area contributed by atoms with E-state index >= 15 is 0 Å². The molecule has 0 amide bonds. The lowest BCUT2D eigenvalue weighted by atomic mass is 9.62. The minimum atomic E-state index is 0.553. The quantitative estimate of drug-likeness (QED) is 0.668. The largest absolute Gasteiger partial charge is 0.165 e. The molecule has 15 heavy (non-hydrogen) atoms. The molecule has 0 aliphatic heterocycles. The molecule has 1 fully saturated rings. The first kappa shape index (κ1) is 11.1. The van der Waals surface area contributed by atoms with Gasteiger partial charge < -0.3 is 0 Å². The maximum atomic E-state index is 2.32. The summed E-state index contributed by atoms with van der Waals surface area (Å²) in [6, 6.07) is 11.1. The molecule has 0 bridgehead atoms. The van der Waals surface area contributed by atoms with E-state index in [1.807, 2.05) is 11.8 Å². The highest BCUT2D eigenvalue weighted by Crippen LogP contribution is 2.47. The van der Waals surface area contributed by atoms with Gasteiger partial charge in [-0.15, -0.1) is 0 Å². The van der Waals surface area contributed by atoms with Crippen LogP contribution in [-0.2, 0) is 5.41 Å². The first-order valence-corrected chi connectivity index (χ1v) is 7.31. The lowest BCUT2D eigenvalue weighted by molar-refractivity contribution is 0.224. The van der Waals surface area contributed by atoms with Crippen molar-refractivity contribution in [2.24, 2.45) is 0 Å². The Labute approximate surface area is 97.5 Å². The summed E-state index contributed by atoms with van der Waals surface area (Å²) in [4.78, 5) is 0. The van der Waals surface area contributed by atoms with Gasteiger partial charge in [0.1, 0.15) is 0 Å². The number of benzene rings is 1.